The van der Waals surface area contributed by atoms with Gasteiger partial charge in [0.2, 0.25) is 10.0 Å². The van der Waals surface area contributed by atoms with E-state index in [1.165, 1.54) is 16.4 Å². The maximum atomic E-state index is 12.8. The van der Waals surface area contributed by atoms with Crippen molar-refractivity contribution in [3.8, 4) is 0 Å². The largest absolute Gasteiger partial charge is 0.457 e. The smallest absolute Gasteiger partial charge is 0.338 e. The Hall–Kier alpha value is -2.18. The van der Waals surface area contributed by atoms with Crippen LogP contribution in [0.25, 0.3) is 0 Å². The zero-order chi connectivity index (χ0) is 18.6. The highest BCUT2D eigenvalue weighted by atomic mass is 32.2. The summed E-state index contributed by atoms with van der Waals surface area (Å²) in [6.07, 6.45) is 2.80. The molecular formula is C20H23NO4S. The number of sulfonamides is 1. The molecule has 2 aromatic carbocycles. The molecule has 26 heavy (non-hydrogen) atoms. The summed E-state index contributed by atoms with van der Waals surface area (Å²) in [5.41, 5.74) is 2.24. The van der Waals surface area contributed by atoms with Crippen LogP contribution in [0.5, 0.6) is 0 Å². The van der Waals surface area contributed by atoms with Crippen LogP contribution in [0.2, 0.25) is 0 Å². The van der Waals surface area contributed by atoms with E-state index in [2.05, 4.69) is 0 Å². The van der Waals surface area contributed by atoms with Crippen LogP contribution < -0.4 is 0 Å². The van der Waals surface area contributed by atoms with Crippen molar-refractivity contribution in [1.29, 1.82) is 0 Å². The molecule has 0 aliphatic carbocycles. The molecule has 0 aromatic heterocycles. The van der Waals surface area contributed by atoms with Crippen LogP contribution in [0.3, 0.4) is 0 Å². The van der Waals surface area contributed by atoms with Crippen LogP contribution in [-0.4, -0.2) is 31.8 Å². The SMILES string of the molecule is Cc1cccc(COC(=O)c2cccc(S(=O)(=O)N3CCCCC3)c2)c1. The van der Waals surface area contributed by atoms with Crippen LogP contribution >= 0.6 is 0 Å². The summed E-state index contributed by atoms with van der Waals surface area (Å²) in [5, 5.41) is 0. The van der Waals surface area contributed by atoms with E-state index in [1.54, 1.807) is 12.1 Å². The van der Waals surface area contributed by atoms with Gasteiger partial charge in [0.25, 0.3) is 0 Å². The van der Waals surface area contributed by atoms with Gasteiger partial charge in [-0.15, -0.1) is 0 Å². The number of carbonyl (C=O) groups is 1. The fourth-order valence-electron chi connectivity index (χ4n) is 3.07. The van der Waals surface area contributed by atoms with Crippen LogP contribution in [0.4, 0.5) is 0 Å². The summed E-state index contributed by atoms with van der Waals surface area (Å²) in [4.78, 5) is 12.5. The zero-order valence-corrected chi connectivity index (χ0v) is 15.7. The Kier molecular flexibility index (Phi) is 5.74. The summed E-state index contributed by atoms with van der Waals surface area (Å²) in [7, 11) is -3.57. The first-order valence-corrected chi connectivity index (χ1v) is 10.2. The molecule has 6 heteroatoms. The van der Waals surface area contributed by atoms with Gasteiger partial charge in [0.1, 0.15) is 6.61 Å². The number of nitrogens with zero attached hydrogens (tertiary/aromatic N) is 1. The second kappa shape index (κ2) is 8.01. The lowest BCUT2D eigenvalue weighted by Gasteiger charge is -2.25. The van der Waals surface area contributed by atoms with Gasteiger partial charge in [-0.3, -0.25) is 0 Å². The molecule has 1 heterocycles. The normalized spacial score (nSPS) is 15.6. The molecule has 1 aliphatic rings. The zero-order valence-electron chi connectivity index (χ0n) is 14.8. The number of esters is 1. The number of aryl methyl sites for hydroxylation is 1. The molecular weight excluding hydrogens is 350 g/mol. The fourth-order valence-corrected chi connectivity index (χ4v) is 4.64. The first-order chi connectivity index (χ1) is 12.5. The van der Waals surface area contributed by atoms with Crippen LogP contribution in [0.15, 0.2) is 53.4 Å². The van der Waals surface area contributed by atoms with E-state index in [9.17, 15) is 13.2 Å². The Morgan fingerprint density at radius 2 is 1.77 bits per heavy atom. The van der Waals surface area contributed by atoms with E-state index < -0.39 is 16.0 Å². The van der Waals surface area contributed by atoms with Gasteiger partial charge in [0.15, 0.2) is 0 Å². The minimum absolute atomic E-state index is 0.143. The first kappa shape index (κ1) is 18.6. The highest BCUT2D eigenvalue weighted by molar-refractivity contribution is 7.89. The summed E-state index contributed by atoms with van der Waals surface area (Å²) >= 11 is 0. The highest BCUT2D eigenvalue weighted by Crippen LogP contribution is 2.21. The summed E-state index contributed by atoms with van der Waals surface area (Å²) in [5.74, 6) is -0.526. The van der Waals surface area contributed by atoms with Crippen LogP contribution in [0, 0.1) is 6.92 Å². The molecule has 0 spiro atoms. The number of rotatable bonds is 5. The van der Waals surface area contributed by atoms with E-state index in [-0.39, 0.29) is 17.1 Å². The number of hydrogen-bond acceptors (Lipinski definition) is 4. The Morgan fingerprint density at radius 1 is 1.04 bits per heavy atom. The topological polar surface area (TPSA) is 63.7 Å². The number of benzene rings is 2. The average Bonchev–Trinajstić information content (AvgIpc) is 2.67. The predicted octanol–water partition coefficient (Wildman–Crippen LogP) is 3.53. The molecule has 2 aromatic rings. The fraction of sp³-hybridized carbons (Fsp3) is 0.350. The molecule has 0 unspecified atom stereocenters. The molecule has 0 N–H and O–H groups in total. The molecule has 3 rings (SSSR count). The van der Waals surface area contributed by atoms with Gasteiger partial charge in [-0.05, 0) is 43.5 Å². The molecule has 0 radical (unpaired) electrons. The Balaban J connectivity index is 1.73. The van der Waals surface area contributed by atoms with E-state index in [1.807, 2.05) is 31.2 Å². The van der Waals surface area contributed by atoms with Crippen molar-refractivity contribution in [2.45, 2.75) is 37.7 Å². The third-order valence-corrected chi connectivity index (χ3v) is 6.37. The minimum atomic E-state index is -3.57. The molecule has 1 aliphatic heterocycles. The lowest BCUT2D eigenvalue weighted by Crippen LogP contribution is -2.35. The first-order valence-electron chi connectivity index (χ1n) is 8.80. The number of hydrogen-bond donors (Lipinski definition) is 0. The molecule has 138 valence electrons. The monoisotopic (exact) mass is 373 g/mol. The molecule has 1 saturated heterocycles. The molecule has 1 fully saturated rings. The van der Waals surface area contributed by atoms with Gasteiger partial charge < -0.3 is 4.74 Å². The number of piperidine rings is 1. The summed E-state index contributed by atoms with van der Waals surface area (Å²) in [6.45, 7) is 3.19. The van der Waals surface area contributed by atoms with E-state index >= 15 is 0 Å². The van der Waals surface area contributed by atoms with Crippen LogP contribution in [0.1, 0.15) is 40.7 Å². The minimum Gasteiger partial charge on any atom is -0.457 e. The molecule has 0 saturated carbocycles. The van der Waals surface area contributed by atoms with Crippen molar-refractivity contribution < 1.29 is 17.9 Å². The second-order valence-corrected chi connectivity index (χ2v) is 8.50. The van der Waals surface area contributed by atoms with Crippen molar-refractivity contribution in [1.82, 2.24) is 4.31 Å². The van der Waals surface area contributed by atoms with Crippen LogP contribution in [-0.2, 0) is 21.4 Å². The van der Waals surface area contributed by atoms with Gasteiger partial charge in [-0.1, -0.05) is 42.3 Å². The van der Waals surface area contributed by atoms with Crippen molar-refractivity contribution in [2.75, 3.05) is 13.1 Å². The van der Waals surface area contributed by atoms with E-state index in [0.29, 0.717) is 13.1 Å². The van der Waals surface area contributed by atoms with E-state index in [4.69, 9.17) is 4.74 Å². The van der Waals surface area contributed by atoms with Gasteiger partial charge in [0, 0.05) is 13.1 Å². The highest BCUT2D eigenvalue weighted by Gasteiger charge is 2.26. The lowest BCUT2D eigenvalue weighted by molar-refractivity contribution is 0.0472. The van der Waals surface area contributed by atoms with Crippen molar-refractivity contribution in [2.24, 2.45) is 0 Å². The van der Waals surface area contributed by atoms with Crippen molar-refractivity contribution >= 4 is 16.0 Å². The molecule has 0 amide bonds. The lowest BCUT2D eigenvalue weighted by atomic mass is 10.1. The van der Waals surface area contributed by atoms with Crippen molar-refractivity contribution in [3.05, 3.63) is 65.2 Å². The standard InChI is InChI=1S/C20H23NO4S/c1-16-7-5-8-17(13-16)15-25-20(22)18-9-6-10-19(14-18)26(23,24)21-11-3-2-4-12-21/h5-10,13-14H,2-4,11-12,15H2,1H3. The third-order valence-electron chi connectivity index (χ3n) is 4.47. The van der Waals surface area contributed by atoms with Gasteiger partial charge in [0.05, 0.1) is 10.5 Å². The van der Waals surface area contributed by atoms with Crippen molar-refractivity contribution in [3.63, 3.8) is 0 Å². The predicted molar refractivity (Wildman–Crippen MR) is 99.4 cm³/mol. The maximum Gasteiger partial charge on any atom is 0.338 e. The Bertz CT molecular complexity index is 886. The second-order valence-electron chi connectivity index (χ2n) is 6.56. The third kappa shape index (κ3) is 4.31. The summed E-state index contributed by atoms with van der Waals surface area (Å²) in [6, 6.07) is 13.8. The maximum absolute atomic E-state index is 12.8. The van der Waals surface area contributed by atoms with Gasteiger partial charge in [-0.2, -0.15) is 4.31 Å². The van der Waals surface area contributed by atoms with E-state index in [0.717, 1.165) is 30.4 Å². The molecule has 0 bridgehead atoms. The Labute approximate surface area is 154 Å². The average molecular weight is 373 g/mol. The molecule has 0 atom stereocenters. The van der Waals surface area contributed by atoms with Gasteiger partial charge >= 0.3 is 5.97 Å². The quantitative estimate of drug-likeness (QED) is 0.752. The number of ether oxygens (including phenoxy) is 1. The Morgan fingerprint density at radius 3 is 2.50 bits per heavy atom. The number of carbonyl (C=O) groups excluding carboxylic acids is 1. The van der Waals surface area contributed by atoms with Gasteiger partial charge in [-0.25, -0.2) is 13.2 Å². The summed E-state index contributed by atoms with van der Waals surface area (Å²) < 4.78 is 32.3. The molecule has 5 nitrogen and oxygen atoms in total.